The van der Waals surface area contributed by atoms with Gasteiger partial charge in [0.25, 0.3) is 5.91 Å². The predicted octanol–water partition coefficient (Wildman–Crippen LogP) is 3.50. The van der Waals surface area contributed by atoms with Crippen LogP contribution in [0, 0.1) is 0 Å². The van der Waals surface area contributed by atoms with Gasteiger partial charge in [0.15, 0.2) is 0 Å². The fourth-order valence-corrected chi connectivity index (χ4v) is 4.85. The Kier molecular flexibility index (Phi) is 5.61. The average molecular weight is 372 g/mol. The van der Waals surface area contributed by atoms with Crippen LogP contribution in [0.5, 0.6) is 0 Å². The van der Waals surface area contributed by atoms with Crippen molar-refractivity contribution in [3.63, 3.8) is 0 Å². The first-order valence-corrected chi connectivity index (χ1v) is 10.6. The van der Waals surface area contributed by atoms with E-state index in [0.29, 0.717) is 24.2 Å². The average Bonchev–Trinajstić information content (AvgIpc) is 2.66. The quantitative estimate of drug-likeness (QED) is 0.873. The molecule has 1 atom stereocenters. The van der Waals surface area contributed by atoms with E-state index in [4.69, 9.17) is 0 Å². The van der Waals surface area contributed by atoms with Gasteiger partial charge >= 0.3 is 0 Å². The lowest BCUT2D eigenvalue weighted by Gasteiger charge is -2.28. The second-order valence-corrected chi connectivity index (χ2v) is 8.50. The molecule has 1 amide bonds. The van der Waals surface area contributed by atoms with E-state index < -0.39 is 10.0 Å². The summed E-state index contributed by atoms with van der Waals surface area (Å²) in [7, 11) is -3.24. The number of amides is 1. The summed E-state index contributed by atoms with van der Waals surface area (Å²) in [6.07, 6.45) is 2.35. The van der Waals surface area contributed by atoms with Crippen LogP contribution in [0.1, 0.15) is 48.1 Å². The van der Waals surface area contributed by atoms with Crippen LogP contribution in [0.25, 0.3) is 0 Å². The van der Waals surface area contributed by atoms with Crippen molar-refractivity contribution >= 4 is 21.6 Å². The van der Waals surface area contributed by atoms with Crippen LogP contribution in [-0.2, 0) is 10.0 Å². The van der Waals surface area contributed by atoms with Gasteiger partial charge < -0.3 is 5.32 Å². The van der Waals surface area contributed by atoms with Gasteiger partial charge in [-0.3, -0.25) is 9.10 Å². The summed E-state index contributed by atoms with van der Waals surface area (Å²) in [5, 5.41) is 3.04. The second-order valence-electron chi connectivity index (χ2n) is 6.49. The summed E-state index contributed by atoms with van der Waals surface area (Å²) in [4.78, 5) is 12.6. The lowest BCUT2D eigenvalue weighted by Crippen LogP contribution is -2.37. The number of hydrogen-bond acceptors (Lipinski definition) is 3. The molecule has 0 aliphatic carbocycles. The Bertz CT molecular complexity index is 848. The lowest BCUT2D eigenvalue weighted by atomic mass is 10.0. The molecule has 0 aromatic heterocycles. The molecule has 1 N–H and O–H groups in total. The third-order valence-corrected chi connectivity index (χ3v) is 6.55. The molecular weight excluding hydrogens is 348 g/mol. The first-order valence-electron chi connectivity index (χ1n) is 8.97. The maximum Gasteiger partial charge on any atom is 0.251 e. The van der Waals surface area contributed by atoms with Crippen LogP contribution < -0.4 is 9.62 Å². The third kappa shape index (κ3) is 4.07. The van der Waals surface area contributed by atoms with E-state index in [2.05, 4.69) is 5.32 Å². The molecule has 1 saturated heterocycles. The molecule has 26 heavy (non-hydrogen) atoms. The van der Waals surface area contributed by atoms with Crippen LogP contribution >= 0.6 is 0 Å². The van der Waals surface area contributed by atoms with Crippen molar-refractivity contribution in [2.75, 3.05) is 16.6 Å². The molecule has 0 spiro atoms. The van der Waals surface area contributed by atoms with E-state index in [1.165, 1.54) is 4.31 Å². The van der Waals surface area contributed by atoms with Gasteiger partial charge in [0.1, 0.15) is 0 Å². The first kappa shape index (κ1) is 18.5. The standard InChI is InChI=1S/C20H24N2O3S/c1-2-19(16-8-4-3-5-9-16)21-20(23)17-10-12-18(13-11-17)22-14-6-7-15-26(22,24)25/h3-5,8-13,19H,2,6-7,14-15H2,1H3,(H,21,23)/t19-/m0/s1. The minimum absolute atomic E-state index is 0.0501. The Hall–Kier alpha value is -2.34. The number of nitrogens with one attached hydrogen (secondary N) is 1. The fourth-order valence-electron chi connectivity index (χ4n) is 3.21. The highest BCUT2D eigenvalue weighted by Gasteiger charge is 2.26. The van der Waals surface area contributed by atoms with Crippen LogP contribution in [-0.4, -0.2) is 26.6 Å². The molecule has 2 aromatic carbocycles. The molecule has 6 heteroatoms. The van der Waals surface area contributed by atoms with Crippen molar-refractivity contribution < 1.29 is 13.2 Å². The Labute approximate surface area is 155 Å². The van der Waals surface area contributed by atoms with Crippen LogP contribution in [0.3, 0.4) is 0 Å². The Morgan fingerprint density at radius 3 is 2.38 bits per heavy atom. The number of nitrogens with zero attached hydrogens (tertiary/aromatic N) is 1. The molecule has 0 bridgehead atoms. The van der Waals surface area contributed by atoms with E-state index >= 15 is 0 Å². The summed E-state index contributed by atoms with van der Waals surface area (Å²) >= 11 is 0. The largest absolute Gasteiger partial charge is 0.345 e. The molecule has 5 nitrogen and oxygen atoms in total. The Morgan fingerprint density at radius 2 is 1.77 bits per heavy atom. The van der Waals surface area contributed by atoms with Crippen LogP contribution in [0.4, 0.5) is 5.69 Å². The molecule has 1 aliphatic rings. The highest BCUT2D eigenvalue weighted by molar-refractivity contribution is 7.92. The number of hydrogen-bond donors (Lipinski definition) is 1. The van der Waals surface area contributed by atoms with Gasteiger partial charge in [-0.25, -0.2) is 8.42 Å². The normalized spacial score (nSPS) is 17.5. The van der Waals surface area contributed by atoms with Crippen LogP contribution in [0.2, 0.25) is 0 Å². The fraction of sp³-hybridized carbons (Fsp3) is 0.350. The van der Waals surface area contributed by atoms with Crippen molar-refractivity contribution in [2.45, 2.75) is 32.2 Å². The molecule has 138 valence electrons. The van der Waals surface area contributed by atoms with Gasteiger partial charge in [0, 0.05) is 12.1 Å². The zero-order chi connectivity index (χ0) is 18.6. The van der Waals surface area contributed by atoms with Crippen molar-refractivity contribution in [3.8, 4) is 0 Å². The van der Waals surface area contributed by atoms with E-state index in [0.717, 1.165) is 18.4 Å². The van der Waals surface area contributed by atoms with Gasteiger partial charge in [-0.1, -0.05) is 37.3 Å². The summed E-state index contributed by atoms with van der Waals surface area (Å²) in [6, 6.07) is 16.6. The molecule has 1 heterocycles. The summed E-state index contributed by atoms with van der Waals surface area (Å²) in [6.45, 7) is 2.53. The summed E-state index contributed by atoms with van der Waals surface area (Å²) in [5.41, 5.74) is 2.22. The maximum atomic E-state index is 12.6. The molecule has 2 aromatic rings. The van der Waals surface area contributed by atoms with Gasteiger partial charge in [-0.05, 0) is 49.1 Å². The topological polar surface area (TPSA) is 66.5 Å². The van der Waals surface area contributed by atoms with Gasteiger partial charge in [0.05, 0.1) is 17.5 Å². The monoisotopic (exact) mass is 372 g/mol. The highest BCUT2D eigenvalue weighted by Crippen LogP contribution is 2.24. The summed E-state index contributed by atoms with van der Waals surface area (Å²) in [5.74, 6) is 0.0265. The van der Waals surface area contributed by atoms with Crippen molar-refractivity contribution in [3.05, 3.63) is 65.7 Å². The minimum Gasteiger partial charge on any atom is -0.345 e. The highest BCUT2D eigenvalue weighted by atomic mass is 32.2. The van der Waals surface area contributed by atoms with Gasteiger partial charge in [-0.15, -0.1) is 0 Å². The van der Waals surface area contributed by atoms with Crippen molar-refractivity contribution in [1.29, 1.82) is 0 Å². The molecule has 1 fully saturated rings. The van der Waals surface area contributed by atoms with Crippen LogP contribution in [0.15, 0.2) is 54.6 Å². The lowest BCUT2D eigenvalue weighted by molar-refractivity contribution is 0.0935. The number of carbonyl (C=O) groups excluding carboxylic acids is 1. The number of benzene rings is 2. The smallest absolute Gasteiger partial charge is 0.251 e. The van der Waals surface area contributed by atoms with E-state index in [-0.39, 0.29) is 17.7 Å². The van der Waals surface area contributed by atoms with Crippen molar-refractivity contribution in [1.82, 2.24) is 5.32 Å². The molecule has 1 aliphatic heterocycles. The maximum absolute atomic E-state index is 12.6. The zero-order valence-corrected chi connectivity index (χ0v) is 15.7. The zero-order valence-electron chi connectivity index (χ0n) is 14.9. The molecule has 0 radical (unpaired) electrons. The predicted molar refractivity (Wildman–Crippen MR) is 104 cm³/mol. The molecule has 0 unspecified atom stereocenters. The first-order chi connectivity index (χ1) is 12.5. The minimum atomic E-state index is -3.24. The van der Waals surface area contributed by atoms with E-state index in [9.17, 15) is 13.2 Å². The number of sulfonamides is 1. The SMILES string of the molecule is CC[C@H](NC(=O)c1ccc(N2CCCCS2(=O)=O)cc1)c1ccccc1. The summed E-state index contributed by atoms with van der Waals surface area (Å²) < 4.78 is 25.8. The Morgan fingerprint density at radius 1 is 1.08 bits per heavy atom. The molecule has 0 saturated carbocycles. The third-order valence-electron chi connectivity index (χ3n) is 4.68. The number of rotatable bonds is 5. The number of carbonyl (C=O) groups is 1. The number of anilines is 1. The van der Waals surface area contributed by atoms with Crippen molar-refractivity contribution in [2.24, 2.45) is 0 Å². The van der Waals surface area contributed by atoms with E-state index in [1.807, 2.05) is 37.3 Å². The molecule has 3 rings (SSSR count). The van der Waals surface area contributed by atoms with Gasteiger partial charge in [-0.2, -0.15) is 0 Å². The molecular formula is C20H24N2O3S. The van der Waals surface area contributed by atoms with Gasteiger partial charge in [0.2, 0.25) is 10.0 Å². The van der Waals surface area contributed by atoms with E-state index in [1.54, 1.807) is 24.3 Å². The second kappa shape index (κ2) is 7.91. The Balaban J connectivity index is 1.73.